The maximum Gasteiger partial charge on any atom is 0.306 e. The minimum absolute atomic E-state index is 0.154. The van der Waals surface area contributed by atoms with Gasteiger partial charge in [-0.25, -0.2) is 0 Å². The Morgan fingerprint density at radius 1 is 0.533 bits per heavy atom. The topological polar surface area (TPSA) is 84.9 Å². The lowest BCUT2D eigenvalue weighted by molar-refractivity contribution is -0.175. The zero-order chi connectivity index (χ0) is 33.4. The molecule has 0 saturated heterocycles. The molecule has 0 aromatic heterocycles. The summed E-state index contributed by atoms with van der Waals surface area (Å²) in [5.74, 6) is -0.512. The summed E-state index contributed by atoms with van der Waals surface area (Å²) in [5, 5.41) is 14.0. The quantitative estimate of drug-likeness (QED) is 0.0414. The molecule has 45 heavy (non-hydrogen) atoms. The van der Waals surface area contributed by atoms with Gasteiger partial charge in [0.05, 0.1) is 0 Å². The van der Waals surface area contributed by atoms with Crippen LogP contribution in [0, 0.1) is 0 Å². The Morgan fingerprint density at radius 3 is 1.13 bits per heavy atom. The molecule has 0 rings (SSSR count). The summed E-state index contributed by atoms with van der Waals surface area (Å²) < 4.78 is 11.2. The molecule has 0 saturated carbocycles. The van der Waals surface area contributed by atoms with Crippen LogP contribution in [-0.4, -0.2) is 42.0 Å². The van der Waals surface area contributed by atoms with Crippen LogP contribution >= 0.6 is 0 Å². The zero-order valence-corrected chi connectivity index (χ0v) is 30.7. The van der Waals surface area contributed by atoms with E-state index in [0.717, 1.165) is 32.1 Å². The first-order valence-corrected chi connectivity index (χ1v) is 19.6. The predicted octanol–water partition coefficient (Wildman–Crippen LogP) is 11.1. The number of hydrogen-bond acceptors (Lipinski definition) is 6. The highest BCUT2D eigenvalue weighted by Crippen LogP contribution is 2.21. The molecular formula is C39H77NO5. The molecule has 3 unspecified atom stereocenters. The van der Waals surface area contributed by atoms with Crippen molar-refractivity contribution in [1.29, 1.82) is 0 Å². The lowest BCUT2D eigenvalue weighted by Gasteiger charge is -2.35. The molecule has 0 radical (unpaired) electrons. The fourth-order valence-electron chi connectivity index (χ4n) is 6.16. The minimum Gasteiger partial charge on any atom is -0.462 e. The van der Waals surface area contributed by atoms with Crippen molar-refractivity contribution in [2.45, 2.75) is 232 Å². The number of rotatable bonds is 34. The average molecular weight is 640 g/mol. The molecule has 0 heterocycles. The zero-order valence-electron chi connectivity index (χ0n) is 30.7. The van der Waals surface area contributed by atoms with Crippen LogP contribution in [0.4, 0.5) is 0 Å². The van der Waals surface area contributed by atoms with Crippen molar-refractivity contribution in [1.82, 2.24) is 5.32 Å². The van der Waals surface area contributed by atoms with E-state index in [0.29, 0.717) is 12.8 Å². The van der Waals surface area contributed by atoms with E-state index in [1.165, 1.54) is 135 Å². The molecule has 268 valence electrons. The molecule has 0 aliphatic heterocycles. The molecule has 0 amide bonds. The smallest absolute Gasteiger partial charge is 0.306 e. The van der Waals surface area contributed by atoms with Gasteiger partial charge in [0.2, 0.25) is 0 Å². The number of carbonyl (C=O) groups excluding carboxylic acids is 2. The Labute approximate surface area is 280 Å². The third kappa shape index (κ3) is 27.7. The summed E-state index contributed by atoms with van der Waals surface area (Å²) in [6.45, 7) is 8.00. The molecule has 0 spiro atoms. The van der Waals surface area contributed by atoms with E-state index in [2.05, 4.69) is 19.2 Å². The molecular weight excluding hydrogens is 562 g/mol. The van der Waals surface area contributed by atoms with Gasteiger partial charge >= 0.3 is 11.9 Å². The van der Waals surface area contributed by atoms with E-state index in [9.17, 15) is 14.7 Å². The molecule has 0 bridgehead atoms. The van der Waals surface area contributed by atoms with Crippen molar-refractivity contribution < 1.29 is 24.2 Å². The molecule has 0 aromatic carbocycles. The molecule has 0 aromatic rings. The molecule has 6 nitrogen and oxygen atoms in total. The van der Waals surface area contributed by atoms with Crippen LogP contribution in [0.5, 0.6) is 0 Å². The van der Waals surface area contributed by atoms with Crippen LogP contribution in [0.2, 0.25) is 0 Å². The number of esters is 2. The van der Waals surface area contributed by atoms with Crippen molar-refractivity contribution in [3.8, 4) is 0 Å². The first-order valence-electron chi connectivity index (χ1n) is 19.6. The van der Waals surface area contributed by atoms with Crippen molar-refractivity contribution in [3.05, 3.63) is 0 Å². The van der Waals surface area contributed by atoms with Gasteiger partial charge in [0.15, 0.2) is 5.72 Å². The van der Waals surface area contributed by atoms with Crippen molar-refractivity contribution in [2.24, 2.45) is 0 Å². The summed E-state index contributed by atoms with van der Waals surface area (Å²) in [5.41, 5.74) is -1.46. The van der Waals surface area contributed by atoms with Crippen molar-refractivity contribution in [2.75, 3.05) is 7.05 Å². The summed E-state index contributed by atoms with van der Waals surface area (Å²) in [7, 11) is 1.64. The highest BCUT2D eigenvalue weighted by molar-refractivity contribution is 5.70. The Hall–Kier alpha value is -1.14. The van der Waals surface area contributed by atoms with Crippen LogP contribution in [0.3, 0.4) is 0 Å². The van der Waals surface area contributed by atoms with Crippen molar-refractivity contribution >= 4 is 11.9 Å². The van der Waals surface area contributed by atoms with Gasteiger partial charge in [-0.3, -0.25) is 14.9 Å². The maximum atomic E-state index is 12.4. The van der Waals surface area contributed by atoms with Crippen molar-refractivity contribution in [3.63, 3.8) is 0 Å². The van der Waals surface area contributed by atoms with Gasteiger partial charge < -0.3 is 14.6 Å². The van der Waals surface area contributed by atoms with Gasteiger partial charge in [-0.05, 0) is 33.7 Å². The highest BCUT2D eigenvalue weighted by Gasteiger charge is 2.37. The Kier molecular flexibility index (Phi) is 30.7. The summed E-state index contributed by atoms with van der Waals surface area (Å²) in [6.07, 6.45) is 32.6. The van der Waals surface area contributed by atoms with E-state index < -0.39 is 17.9 Å². The predicted molar refractivity (Wildman–Crippen MR) is 190 cm³/mol. The van der Waals surface area contributed by atoms with Crippen LogP contribution < -0.4 is 5.32 Å². The van der Waals surface area contributed by atoms with Gasteiger partial charge in [0, 0.05) is 19.3 Å². The second-order valence-electron chi connectivity index (χ2n) is 13.8. The number of nitrogens with one attached hydrogen (secondary N) is 1. The molecule has 6 heteroatoms. The van der Waals surface area contributed by atoms with Crippen LogP contribution in [-0.2, 0) is 19.1 Å². The molecule has 0 aliphatic rings. The third-order valence-corrected chi connectivity index (χ3v) is 9.31. The number of hydrogen-bond donors (Lipinski definition) is 2. The summed E-state index contributed by atoms with van der Waals surface area (Å²) >= 11 is 0. The van der Waals surface area contributed by atoms with E-state index in [1.54, 1.807) is 20.9 Å². The largest absolute Gasteiger partial charge is 0.462 e. The van der Waals surface area contributed by atoms with E-state index in [-0.39, 0.29) is 18.4 Å². The second kappa shape index (κ2) is 31.5. The first-order chi connectivity index (χ1) is 21.8. The lowest BCUT2D eigenvalue weighted by atomic mass is 10.0. The molecule has 0 aliphatic carbocycles. The number of carbonyl (C=O) groups is 2. The average Bonchev–Trinajstić information content (AvgIpc) is 3.01. The fraction of sp³-hybridized carbons (Fsp3) is 0.949. The highest BCUT2D eigenvalue weighted by atomic mass is 16.6. The number of aliphatic hydroxyl groups is 1. The molecule has 0 fully saturated rings. The standard InChI is InChI=1S/C39H77NO5/c1-6-8-10-12-14-16-18-20-22-24-26-28-30-32-37(41)44-35(3)34-39(43,40-5)36(4)45-38(42)33-31-29-27-25-23-21-19-17-15-13-11-9-7-2/h35-36,40,43H,6-34H2,1-5H3. The van der Waals surface area contributed by atoms with Gasteiger partial charge in [-0.2, -0.15) is 0 Å². The normalized spacial score (nSPS) is 14.2. The minimum atomic E-state index is -1.46. The van der Waals surface area contributed by atoms with Gasteiger partial charge in [-0.15, -0.1) is 0 Å². The van der Waals surface area contributed by atoms with Gasteiger partial charge in [-0.1, -0.05) is 168 Å². The maximum absolute atomic E-state index is 12.4. The molecule has 2 N–H and O–H groups in total. The SMILES string of the molecule is CCCCCCCCCCCCCCCC(=O)OC(C)CC(O)(NC)C(C)OC(=O)CCCCCCCCCCCCCCC. The lowest BCUT2D eigenvalue weighted by Crippen LogP contribution is -2.55. The second-order valence-corrected chi connectivity index (χ2v) is 13.8. The summed E-state index contributed by atoms with van der Waals surface area (Å²) in [6, 6.07) is 0. The number of unbranched alkanes of at least 4 members (excludes halogenated alkanes) is 24. The Morgan fingerprint density at radius 2 is 0.822 bits per heavy atom. The van der Waals surface area contributed by atoms with Crippen LogP contribution in [0.25, 0.3) is 0 Å². The van der Waals surface area contributed by atoms with Gasteiger partial charge in [0.25, 0.3) is 0 Å². The third-order valence-electron chi connectivity index (χ3n) is 9.31. The number of likely N-dealkylation sites (N-methyl/N-ethyl adjacent to an activating group) is 1. The molecule has 3 atom stereocenters. The Balaban J connectivity index is 3.91. The van der Waals surface area contributed by atoms with Gasteiger partial charge in [0.1, 0.15) is 12.2 Å². The number of ether oxygens (including phenoxy) is 2. The van der Waals surface area contributed by atoms with E-state index in [4.69, 9.17) is 9.47 Å². The fourth-order valence-corrected chi connectivity index (χ4v) is 6.16. The first kappa shape index (κ1) is 43.9. The van der Waals surface area contributed by atoms with Crippen LogP contribution in [0.15, 0.2) is 0 Å². The van der Waals surface area contributed by atoms with E-state index in [1.807, 2.05) is 0 Å². The van der Waals surface area contributed by atoms with Crippen LogP contribution in [0.1, 0.15) is 214 Å². The van der Waals surface area contributed by atoms with E-state index >= 15 is 0 Å². The summed E-state index contributed by atoms with van der Waals surface area (Å²) in [4.78, 5) is 24.8. The monoisotopic (exact) mass is 640 g/mol. The Bertz CT molecular complexity index is 672.